The molecule has 0 aromatic heterocycles. The van der Waals surface area contributed by atoms with Gasteiger partial charge in [0, 0.05) is 0 Å². The van der Waals surface area contributed by atoms with E-state index >= 15 is 0 Å². The minimum absolute atomic E-state index is 0.0754. The molecular formula is C13H15NO5S. The SMILES string of the molecule is CC(C)(C)OC(=O)CN1C(=O)c2ccccc2S1(=O)=O. The van der Waals surface area contributed by atoms with E-state index < -0.39 is 34.0 Å². The molecule has 1 heterocycles. The minimum Gasteiger partial charge on any atom is -0.459 e. The van der Waals surface area contributed by atoms with Gasteiger partial charge in [0.1, 0.15) is 17.0 Å². The fourth-order valence-corrected chi connectivity index (χ4v) is 3.39. The second-order valence-corrected chi connectivity index (χ2v) is 7.23. The first-order chi connectivity index (χ1) is 9.13. The Hall–Kier alpha value is -1.89. The number of hydrogen-bond donors (Lipinski definition) is 0. The first-order valence-corrected chi connectivity index (χ1v) is 7.45. The van der Waals surface area contributed by atoms with Gasteiger partial charge in [-0.2, -0.15) is 0 Å². The topological polar surface area (TPSA) is 80.8 Å². The number of ether oxygens (including phenoxy) is 1. The van der Waals surface area contributed by atoms with Crippen molar-refractivity contribution >= 4 is 21.9 Å². The summed E-state index contributed by atoms with van der Waals surface area (Å²) >= 11 is 0. The quantitative estimate of drug-likeness (QED) is 0.766. The van der Waals surface area contributed by atoms with Crippen molar-refractivity contribution < 1.29 is 22.7 Å². The normalized spacial score (nSPS) is 16.9. The first kappa shape index (κ1) is 14.5. The molecule has 0 aliphatic carbocycles. The summed E-state index contributed by atoms with van der Waals surface area (Å²) < 4.78 is 30.0. The van der Waals surface area contributed by atoms with Crippen molar-refractivity contribution in [1.29, 1.82) is 0 Å². The lowest BCUT2D eigenvalue weighted by Gasteiger charge is -2.21. The average molecular weight is 297 g/mol. The number of nitrogens with zero attached hydrogens (tertiary/aromatic N) is 1. The lowest BCUT2D eigenvalue weighted by atomic mass is 10.2. The highest BCUT2D eigenvalue weighted by molar-refractivity contribution is 7.90. The number of benzene rings is 1. The molecule has 7 heteroatoms. The number of fused-ring (bicyclic) bond motifs is 1. The lowest BCUT2D eigenvalue weighted by molar-refractivity contribution is -0.154. The van der Waals surface area contributed by atoms with Gasteiger partial charge in [0.2, 0.25) is 0 Å². The number of carbonyl (C=O) groups excluding carboxylic acids is 2. The van der Waals surface area contributed by atoms with Crippen LogP contribution in [0.1, 0.15) is 31.1 Å². The maximum atomic E-state index is 12.2. The third-order valence-corrected chi connectivity index (χ3v) is 4.39. The van der Waals surface area contributed by atoms with Gasteiger partial charge in [-0.1, -0.05) is 12.1 Å². The number of amides is 1. The van der Waals surface area contributed by atoms with E-state index in [1.807, 2.05) is 0 Å². The molecule has 0 unspecified atom stereocenters. The van der Waals surface area contributed by atoms with Gasteiger partial charge in [0.15, 0.2) is 0 Å². The fourth-order valence-electron chi connectivity index (χ4n) is 1.88. The number of rotatable bonds is 2. The summed E-state index contributed by atoms with van der Waals surface area (Å²) in [5.41, 5.74) is -0.660. The maximum Gasteiger partial charge on any atom is 0.327 e. The third kappa shape index (κ3) is 2.53. The molecule has 6 nitrogen and oxygen atoms in total. The Morgan fingerprint density at radius 1 is 1.25 bits per heavy atom. The van der Waals surface area contributed by atoms with Crippen LogP contribution in [0.25, 0.3) is 0 Å². The molecule has 1 amide bonds. The second kappa shape index (κ2) is 4.59. The molecule has 1 aromatic rings. The van der Waals surface area contributed by atoms with Crippen LogP contribution < -0.4 is 0 Å². The van der Waals surface area contributed by atoms with E-state index in [1.165, 1.54) is 18.2 Å². The first-order valence-electron chi connectivity index (χ1n) is 6.01. The van der Waals surface area contributed by atoms with Crippen LogP contribution in [0.3, 0.4) is 0 Å². The van der Waals surface area contributed by atoms with E-state index in [-0.39, 0.29) is 10.5 Å². The fraction of sp³-hybridized carbons (Fsp3) is 0.385. The molecule has 0 saturated heterocycles. The molecule has 20 heavy (non-hydrogen) atoms. The standard InChI is InChI=1S/C13H15NO5S/c1-13(2,3)19-11(15)8-14-12(16)9-6-4-5-7-10(9)20(14,17)18/h4-7H,8H2,1-3H3. The maximum absolute atomic E-state index is 12.2. The van der Waals surface area contributed by atoms with Crippen molar-refractivity contribution in [3.05, 3.63) is 29.8 Å². The van der Waals surface area contributed by atoms with E-state index in [0.29, 0.717) is 4.31 Å². The van der Waals surface area contributed by atoms with Crippen molar-refractivity contribution in [2.75, 3.05) is 6.54 Å². The molecule has 1 aliphatic heterocycles. The van der Waals surface area contributed by atoms with Gasteiger partial charge in [-0.15, -0.1) is 0 Å². The average Bonchev–Trinajstić information content (AvgIpc) is 2.49. The van der Waals surface area contributed by atoms with Gasteiger partial charge < -0.3 is 4.74 Å². The van der Waals surface area contributed by atoms with Gasteiger partial charge >= 0.3 is 5.97 Å². The summed E-state index contributed by atoms with van der Waals surface area (Å²) in [5.74, 6) is -1.46. The van der Waals surface area contributed by atoms with E-state index in [1.54, 1.807) is 26.8 Å². The van der Waals surface area contributed by atoms with E-state index in [2.05, 4.69) is 0 Å². The number of esters is 1. The molecule has 1 aromatic carbocycles. The highest BCUT2D eigenvalue weighted by Gasteiger charge is 2.42. The minimum atomic E-state index is -3.96. The van der Waals surface area contributed by atoms with Crippen LogP contribution in [-0.4, -0.2) is 36.7 Å². The molecule has 0 bridgehead atoms. The zero-order valence-electron chi connectivity index (χ0n) is 11.4. The van der Waals surface area contributed by atoms with Crippen molar-refractivity contribution in [1.82, 2.24) is 4.31 Å². The molecule has 0 atom stereocenters. The van der Waals surface area contributed by atoms with Crippen molar-refractivity contribution in [2.24, 2.45) is 0 Å². The van der Waals surface area contributed by atoms with Gasteiger partial charge in [-0.3, -0.25) is 9.59 Å². The number of carbonyl (C=O) groups is 2. The Morgan fingerprint density at radius 3 is 2.40 bits per heavy atom. The van der Waals surface area contributed by atoms with Gasteiger partial charge in [0.05, 0.1) is 5.56 Å². The monoisotopic (exact) mass is 297 g/mol. The Balaban J connectivity index is 2.28. The highest BCUT2D eigenvalue weighted by Crippen LogP contribution is 2.29. The molecule has 2 rings (SSSR count). The summed E-state index contributed by atoms with van der Waals surface area (Å²) in [6, 6.07) is 5.87. The lowest BCUT2D eigenvalue weighted by Crippen LogP contribution is -2.38. The van der Waals surface area contributed by atoms with Crippen LogP contribution in [0.15, 0.2) is 29.2 Å². The van der Waals surface area contributed by atoms with Crippen molar-refractivity contribution in [3.63, 3.8) is 0 Å². The summed E-state index contributed by atoms with van der Waals surface area (Å²) in [6.07, 6.45) is 0. The zero-order chi connectivity index (χ0) is 15.1. The molecule has 0 spiro atoms. The summed E-state index contributed by atoms with van der Waals surface area (Å²) in [5, 5.41) is 0. The van der Waals surface area contributed by atoms with E-state index in [9.17, 15) is 18.0 Å². The van der Waals surface area contributed by atoms with Crippen molar-refractivity contribution in [2.45, 2.75) is 31.3 Å². The molecular weight excluding hydrogens is 282 g/mol. The molecule has 108 valence electrons. The van der Waals surface area contributed by atoms with Gasteiger partial charge in [-0.25, -0.2) is 12.7 Å². The van der Waals surface area contributed by atoms with Gasteiger partial charge in [-0.05, 0) is 32.9 Å². The Bertz CT molecular complexity index is 672. The number of sulfonamides is 1. The third-order valence-electron chi connectivity index (χ3n) is 2.60. The van der Waals surface area contributed by atoms with Crippen LogP contribution >= 0.6 is 0 Å². The highest BCUT2D eigenvalue weighted by atomic mass is 32.2. The Kier molecular flexibility index (Phi) is 3.33. The van der Waals surface area contributed by atoms with E-state index in [0.717, 1.165) is 0 Å². The molecule has 1 aliphatic rings. The molecule has 0 saturated carbocycles. The second-order valence-electron chi connectivity index (χ2n) is 5.40. The Labute approximate surface area is 117 Å². The van der Waals surface area contributed by atoms with Crippen LogP contribution in [0, 0.1) is 0 Å². The smallest absolute Gasteiger partial charge is 0.327 e. The summed E-state index contributed by atoms with van der Waals surface area (Å²) in [7, 11) is -3.96. The van der Waals surface area contributed by atoms with E-state index in [4.69, 9.17) is 4.74 Å². The summed E-state index contributed by atoms with van der Waals surface area (Å²) in [6.45, 7) is 4.38. The summed E-state index contributed by atoms with van der Waals surface area (Å²) in [4.78, 5) is 23.7. The van der Waals surface area contributed by atoms with Crippen molar-refractivity contribution in [3.8, 4) is 0 Å². The van der Waals surface area contributed by atoms with Crippen LogP contribution in [-0.2, 0) is 19.6 Å². The molecule has 0 N–H and O–H groups in total. The van der Waals surface area contributed by atoms with Crippen LogP contribution in [0.4, 0.5) is 0 Å². The predicted molar refractivity (Wildman–Crippen MR) is 70.5 cm³/mol. The predicted octanol–water partition coefficient (Wildman–Crippen LogP) is 1.17. The van der Waals surface area contributed by atoms with Crippen LogP contribution in [0.5, 0.6) is 0 Å². The van der Waals surface area contributed by atoms with Gasteiger partial charge in [0.25, 0.3) is 15.9 Å². The van der Waals surface area contributed by atoms with Crippen LogP contribution in [0.2, 0.25) is 0 Å². The Morgan fingerprint density at radius 2 is 1.85 bits per heavy atom. The molecule has 0 radical (unpaired) electrons. The molecule has 0 fully saturated rings. The number of hydrogen-bond acceptors (Lipinski definition) is 5. The largest absolute Gasteiger partial charge is 0.459 e. The zero-order valence-corrected chi connectivity index (χ0v) is 12.2.